The number of aliphatic hydroxyl groups excluding tert-OH is 1. The number of methoxy groups -OCH3 is 2. The first kappa shape index (κ1) is 63.1. The molecule has 12 atom stereocenters. The largest absolute Gasteiger partial charge is 0.445 e. The van der Waals surface area contributed by atoms with Crippen LogP contribution in [0.25, 0.3) is 0 Å². The van der Waals surface area contributed by atoms with Crippen molar-refractivity contribution in [1.82, 2.24) is 20.0 Å². The third-order valence-corrected chi connectivity index (χ3v) is 15.5. The molecule has 2 aromatic rings. The number of likely N-dealkylation sites (N-methyl/N-ethyl adjacent to an activating group) is 2. The summed E-state index contributed by atoms with van der Waals surface area (Å²) in [5.41, 5.74) is 1.89. The van der Waals surface area contributed by atoms with Crippen LogP contribution < -0.4 is 10.6 Å². The van der Waals surface area contributed by atoms with Gasteiger partial charge in [0.15, 0.2) is 5.78 Å². The molecule has 1 aliphatic heterocycles. The molecule has 0 bridgehead atoms. The zero-order valence-electron chi connectivity index (χ0n) is 47.4. The highest BCUT2D eigenvalue weighted by Crippen LogP contribution is 2.32. The molecule has 0 aliphatic carbocycles. The molecule has 0 aromatic heterocycles. The fourth-order valence-corrected chi connectivity index (χ4v) is 10.2. The number of likely N-dealkylation sites (tertiary alicyclic amines) is 1. The Kier molecular flexibility index (Phi) is 25.4. The van der Waals surface area contributed by atoms with Crippen molar-refractivity contribution >= 4 is 47.0 Å². The van der Waals surface area contributed by atoms with Crippen LogP contribution in [0.1, 0.15) is 139 Å². The predicted octanol–water partition coefficient (Wildman–Crippen LogP) is 8.50. The summed E-state index contributed by atoms with van der Waals surface area (Å²) in [6, 6.07) is 13.6. The number of amides is 5. The Hall–Kier alpha value is -5.19. The molecule has 5 amide bonds. The molecular weight excluding hydrogens is 943 g/mol. The lowest BCUT2D eigenvalue weighted by atomic mass is 9.83. The van der Waals surface area contributed by atoms with Crippen molar-refractivity contribution in [3.05, 3.63) is 65.7 Å². The maximum Gasteiger partial charge on any atom is 0.410 e. The molecule has 16 heteroatoms. The molecule has 0 saturated carbocycles. The molecule has 1 fully saturated rings. The average Bonchev–Trinajstić information content (AvgIpc) is 3.86. The molecule has 0 radical (unpaired) electrons. The van der Waals surface area contributed by atoms with E-state index in [0.717, 1.165) is 0 Å². The lowest BCUT2D eigenvalue weighted by Gasteiger charge is -2.41. The Labute approximate surface area is 442 Å². The van der Waals surface area contributed by atoms with E-state index in [9.17, 15) is 38.7 Å². The first-order chi connectivity index (χ1) is 34.8. The molecule has 16 nitrogen and oxygen atoms in total. The average molecular weight is 1030 g/mol. The van der Waals surface area contributed by atoms with Crippen molar-refractivity contribution in [3.63, 3.8) is 0 Å². The normalized spacial score (nSPS) is 18.3. The van der Waals surface area contributed by atoms with E-state index in [2.05, 4.69) is 10.6 Å². The monoisotopic (exact) mass is 1030 g/mol. The van der Waals surface area contributed by atoms with Crippen molar-refractivity contribution in [2.24, 2.45) is 47.3 Å². The van der Waals surface area contributed by atoms with Crippen LogP contribution in [0.3, 0.4) is 0 Å². The fraction of sp³-hybridized carbons (Fsp3) is 0.672. The minimum atomic E-state index is -0.912. The summed E-state index contributed by atoms with van der Waals surface area (Å²) in [5.74, 6) is -3.77. The number of carbonyl (C=O) groups excluding carboxylic acids is 7. The van der Waals surface area contributed by atoms with Crippen molar-refractivity contribution in [3.8, 4) is 0 Å². The molecule has 1 unspecified atom stereocenters. The van der Waals surface area contributed by atoms with Gasteiger partial charge in [-0.1, -0.05) is 125 Å². The van der Waals surface area contributed by atoms with Crippen LogP contribution in [0.5, 0.6) is 0 Å². The standard InChI is InChI=1S/C58H91N5O11/c1-17-37(8)52(49(72-15)32-50(66)63-29-21-24-46(63)54(73-16)40(11)56(69)59-41(12)53(67)43-22-19-18-20-23-43)61(13)57(70)45(35(4)5)31-48(65)51(36(6)7)62(14)58(71)74-33-42-25-27-44(28-26-42)60-55(68)38(9)30-47(64)39(10)34(2)3/h18-20,22-23,25-28,34-41,45-46,49,51-54,67H,17,21,24,29-33H2,1-16H3,(H,59,69)(H,60,68)/t37-,38+,39-,40+,41+,45-,46?,49+,51-,52-,53+,54+/m0/s1. The number of Topliss-reactive ketones (excluding diaryl/α,β-unsaturated/α-hetero) is 2. The minimum Gasteiger partial charge on any atom is -0.445 e. The SMILES string of the molecule is CC[C@H](C)[C@@H]([C@@H](CC(=O)N1CCCC1[C@H](OC)[C@@H](C)C(=O)N[C@H](C)[C@@H](O)c1ccccc1)OC)N(C)C(=O)[C@@H](CC(=O)[C@H](C(C)C)N(C)C(=O)OCc1ccc(NC(=O)[C@H](C)CC(=O)[C@@H](C)C(C)C)cc1)C(C)C. The van der Waals surface area contributed by atoms with Gasteiger partial charge in [0.1, 0.15) is 12.4 Å². The van der Waals surface area contributed by atoms with Crippen LogP contribution in [-0.4, -0.2) is 132 Å². The summed E-state index contributed by atoms with van der Waals surface area (Å²) in [4.78, 5) is 101. The Balaban J connectivity index is 1.69. The van der Waals surface area contributed by atoms with E-state index in [1.165, 1.54) is 26.2 Å². The van der Waals surface area contributed by atoms with E-state index in [1.807, 2.05) is 80.5 Å². The van der Waals surface area contributed by atoms with Crippen LogP contribution in [0.2, 0.25) is 0 Å². The molecule has 0 spiro atoms. The smallest absolute Gasteiger partial charge is 0.410 e. The number of carbonyl (C=O) groups is 7. The van der Waals surface area contributed by atoms with Gasteiger partial charge in [0.25, 0.3) is 0 Å². The number of hydrogen-bond donors (Lipinski definition) is 3. The number of aliphatic hydroxyl groups is 1. The van der Waals surface area contributed by atoms with E-state index in [-0.39, 0.29) is 90.7 Å². The highest BCUT2D eigenvalue weighted by atomic mass is 16.6. The Morgan fingerprint density at radius 1 is 0.730 bits per heavy atom. The molecule has 1 saturated heterocycles. The number of hydrogen-bond acceptors (Lipinski definition) is 11. The number of nitrogens with zero attached hydrogens (tertiary/aromatic N) is 3. The summed E-state index contributed by atoms with van der Waals surface area (Å²) >= 11 is 0. The predicted molar refractivity (Wildman–Crippen MR) is 288 cm³/mol. The summed E-state index contributed by atoms with van der Waals surface area (Å²) < 4.78 is 17.7. The second-order valence-corrected chi connectivity index (χ2v) is 21.9. The lowest BCUT2D eigenvalue weighted by molar-refractivity contribution is -0.149. The first-order valence-electron chi connectivity index (χ1n) is 26.8. The third-order valence-electron chi connectivity index (χ3n) is 15.5. The van der Waals surface area contributed by atoms with Gasteiger partial charge in [-0.05, 0) is 66.7 Å². The van der Waals surface area contributed by atoms with Gasteiger partial charge in [0.2, 0.25) is 23.6 Å². The molecule has 3 N–H and O–H groups in total. The molecule has 2 aromatic carbocycles. The van der Waals surface area contributed by atoms with Crippen LogP contribution >= 0.6 is 0 Å². The highest BCUT2D eigenvalue weighted by molar-refractivity contribution is 5.96. The molecule has 74 heavy (non-hydrogen) atoms. The summed E-state index contributed by atoms with van der Waals surface area (Å²) in [5, 5.41) is 16.7. The maximum atomic E-state index is 14.7. The highest BCUT2D eigenvalue weighted by Gasteiger charge is 2.44. The summed E-state index contributed by atoms with van der Waals surface area (Å²) in [7, 11) is 6.29. The second kappa shape index (κ2) is 29.8. The van der Waals surface area contributed by atoms with Crippen molar-refractivity contribution in [1.29, 1.82) is 0 Å². The Bertz CT molecular complexity index is 2130. The summed E-state index contributed by atoms with van der Waals surface area (Å²) in [6.07, 6.45) is -0.952. The zero-order chi connectivity index (χ0) is 55.7. The lowest BCUT2D eigenvalue weighted by Crippen LogP contribution is -2.55. The quantitative estimate of drug-likeness (QED) is 0.0706. The Morgan fingerprint density at radius 2 is 1.35 bits per heavy atom. The minimum absolute atomic E-state index is 0.0359. The van der Waals surface area contributed by atoms with Crippen molar-refractivity contribution in [2.45, 2.75) is 171 Å². The maximum absolute atomic E-state index is 14.7. The molecule has 414 valence electrons. The van der Waals surface area contributed by atoms with E-state index in [4.69, 9.17) is 14.2 Å². The van der Waals surface area contributed by atoms with Crippen molar-refractivity contribution in [2.75, 3.05) is 40.2 Å². The van der Waals surface area contributed by atoms with Crippen LogP contribution in [0, 0.1) is 47.3 Å². The number of anilines is 1. The van der Waals surface area contributed by atoms with Gasteiger partial charge in [-0.15, -0.1) is 0 Å². The number of nitrogens with one attached hydrogen (secondary N) is 2. The van der Waals surface area contributed by atoms with Gasteiger partial charge in [-0.3, -0.25) is 28.8 Å². The first-order valence-corrected chi connectivity index (χ1v) is 26.8. The van der Waals surface area contributed by atoms with Gasteiger partial charge in [0.05, 0.1) is 54.8 Å². The van der Waals surface area contributed by atoms with Crippen LogP contribution in [0.4, 0.5) is 10.5 Å². The molecule has 1 aliphatic rings. The van der Waals surface area contributed by atoms with E-state index < -0.39 is 66.3 Å². The van der Waals surface area contributed by atoms with Gasteiger partial charge in [-0.2, -0.15) is 0 Å². The number of ether oxygens (including phenoxy) is 3. The van der Waals surface area contributed by atoms with Crippen LogP contribution in [-0.2, 0) is 49.6 Å². The topological polar surface area (TPSA) is 201 Å². The molecular formula is C58H91N5O11. The molecule has 3 rings (SSSR count). The van der Waals surface area contributed by atoms with Gasteiger partial charge < -0.3 is 44.7 Å². The van der Waals surface area contributed by atoms with Crippen LogP contribution in [0.15, 0.2) is 54.6 Å². The summed E-state index contributed by atoms with van der Waals surface area (Å²) in [6.45, 7) is 23.0. The third kappa shape index (κ3) is 17.2. The van der Waals surface area contributed by atoms with E-state index in [1.54, 1.807) is 74.0 Å². The Morgan fingerprint density at radius 3 is 1.89 bits per heavy atom. The second-order valence-electron chi connectivity index (χ2n) is 21.9. The van der Waals surface area contributed by atoms with E-state index in [0.29, 0.717) is 42.6 Å². The number of benzene rings is 2. The zero-order valence-corrected chi connectivity index (χ0v) is 47.4. The van der Waals surface area contributed by atoms with E-state index >= 15 is 0 Å². The number of rotatable bonds is 29. The van der Waals surface area contributed by atoms with Gasteiger partial charge in [0, 0.05) is 71.1 Å². The molecule has 1 heterocycles. The fourth-order valence-electron chi connectivity index (χ4n) is 10.2. The number of ketones is 2. The van der Waals surface area contributed by atoms with Gasteiger partial charge >= 0.3 is 6.09 Å². The van der Waals surface area contributed by atoms with Crippen molar-refractivity contribution < 1.29 is 52.9 Å². The van der Waals surface area contributed by atoms with Gasteiger partial charge in [-0.25, -0.2) is 4.79 Å².